The molecule has 0 unspecified atom stereocenters. The first-order chi connectivity index (χ1) is 7.09. The first kappa shape index (κ1) is 9.76. The second kappa shape index (κ2) is 3.42. The fourth-order valence-corrected chi connectivity index (χ4v) is 1.81. The highest BCUT2D eigenvalue weighted by molar-refractivity contribution is 5.65. The Labute approximate surface area is 86.6 Å². The topological polar surface area (TPSA) is 62.5 Å². The first-order valence-electron chi connectivity index (χ1n) is 4.75. The van der Waals surface area contributed by atoms with E-state index < -0.39 is 6.09 Å². The molecule has 0 aliphatic carbocycles. The molecule has 1 aliphatic heterocycles. The van der Waals surface area contributed by atoms with Crippen molar-refractivity contribution in [1.29, 1.82) is 0 Å². The van der Waals surface area contributed by atoms with Gasteiger partial charge in [-0.05, 0) is 18.1 Å². The minimum Gasteiger partial charge on any atom is -0.465 e. The molecule has 0 fully saturated rings. The lowest BCUT2D eigenvalue weighted by Gasteiger charge is -2.25. The molecule has 0 atom stereocenters. The Balaban J connectivity index is 2.44. The summed E-state index contributed by atoms with van der Waals surface area (Å²) in [5.41, 5.74) is 1.47. The van der Waals surface area contributed by atoms with Crippen LogP contribution < -0.4 is 5.56 Å². The van der Waals surface area contributed by atoms with E-state index in [4.69, 9.17) is 5.11 Å². The maximum absolute atomic E-state index is 11.7. The summed E-state index contributed by atoms with van der Waals surface area (Å²) in [4.78, 5) is 23.8. The van der Waals surface area contributed by atoms with Crippen LogP contribution in [0, 0.1) is 0 Å². The summed E-state index contributed by atoms with van der Waals surface area (Å²) >= 11 is 0. The van der Waals surface area contributed by atoms with E-state index in [0.717, 1.165) is 5.56 Å². The number of aryl methyl sites for hydroxylation is 1. The molecule has 5 nitrogen and oxygen atoms in total. The highest BCUT2D eigenvalue weighted by atomic mass is 16.4. The van der Waals surface area contributed by atoms with E-state index in [1.165, 1.54) is 9.47 Å². The third kappa shape index (κ3) is 1.60. The molecule has 2 rings (SSSR count). The van der Waals surface area contributed by atoms with Crippen LogP contribution in [0.3, 0.4) is 0 Å². The van der Waals surface area contributed by atoms with Gasteiger partial charge < -0.3 is 14.6 Å². The number of nitrogens with zero attached hydrogens (tertiary/aromatic N) is 2. The van der Waals surface area contributed by atoms with Crippen LogP contribution in [0.15, 0.2) is 17.1 Å². The van der Waals surface area contributed by atoms with Gasteiger partial charge >= 0.3 is 6.09 Å². The number of hydrogen-bond donors (Lipinski definition) is 1. The van der Waals surface area contributed by atoms with Gasteiger partial charge in [-0.1, -0.05) is 0 Å². The number of fused-ring (bicyclic) bond motifs is 1. The SMILES string of the molecule is Cn1ccc2c(c1=O)CN(C(=O)O)CC2. The van der Waals surface area contributed by atoms with Crippen molar-refractivity contribution in [3.05, 3.63) is 33.7 Å². The fraction of sp³-hybridized carbons (Fsp3) is 0.400. The molecule has 1 aliphatic rings. The standard InChI is InChI=1S/C10H12N2O3/c1-11-4-2-7-3-5-12(10(14)15)6-8(7)9(11)13/h2,4H,3,5-6H2,1H3,(H,14,15). The predicted octanol–water partition coefficient (Wildman–Crippen LogP) is 0.421. The summed E-state index contributed by atoms with van der Waals surface area (Å²) in [6, 6.07) is 1.88. The van der Waals surface area contributed by atoms with Crippen LogP contribution in [0.1, 0.15) is 11.1 Å². The lowest BCUT2D eigenvalue weighted by atomic mass is 10.0. The Hall–Kier alpha value is -1.78. The fourth-order valence-electron chi connectivity index (χ4n) is 1.81. The number of pyridine rings is 1. The van der Waals surface area contributed by atoms with Crippen LogP contribution >= 0.6 is 0 Å². The van der Waals surface area contributed by atoms with Crippen molar-refractivity contribution in [1.82, 2.24) is 9.47 Å². The second-order valence-corrected chi connectivity index (χ2v) is 3.69. The lowest BCUT2D eigenvalue weighted by molar-refractivity contribution is 0.139. The Morgan fingerprint density at radius 1 is 1.53 bits per heavy atom. The highest BCUT2D eigenvalue weighted by Crippen LogP contribution is 2.14. The number of rotatable bonds is 0. The molecule has 2 heterocycles. The van der Waals surface area contributed by atoms with Crippen molar-refractivity contribution in [2.45, 2.75) is 13.0 Å². The Kier molecular flexibility index (Phi) is 2.22. The number of carbonyl (C=O) groups is 1. The van der Waals surface area contributed by atoms with E-state index in [1.807, 2.05) is 6.07 Å². The third-order valence-corrected chi connectivity index (χ3v) is 2.74. The quantitative estimate of drug-likeness (QED) is 0.672. The molecular weight excluding hydrogens is 196 g/mol. The normalized spacial score (nSPS) is 14.9. The van der Waals surface area contributed by atoms with Gasteiger partial charge in [-0.15, -0.1) is 0 Å². The highest BCUT2D eigenvalue weighted by Gasteiger charge is 2.22. The Bertz CT molecular complexity index is 464. The van der Waals surface area contributed by atoms with E-state index in [9.17, 15) is 9.59 Å². The molecule has 1 N–H and O–H groups in total. The van der Waals surface area contributed by atoms with Gasteiger partial charge in [-0.2, -0.15) is 0 Å². The van der Waals surface area contributed by atoms with Crippen molar-refractivity contribution < 1.29 is 9.90 Å². The molecule has 15 heavy (non-hydrogen) atoms. The van der Waals surface area contributed by atoms with Gasteiger partial charge in [-0.25, -0.2) is 4.79 Å². The van der Waals surface area contributed by atoms with E-state index in [2.05, 4.69) is 0 Å². The van der Waals surface area contributed by atoms with E-state index in [0.29, 0.717) is 18.5 Å². The van der Waals surface area contributed by atoms with E-state index in [1.54, 1.807) is 13.2 Å². The van der Waals surface area contributed by atoms with Crippen LogP contribution in [0.2, 0.25) is 0 Å². The van der Waals surface area contributed by atoms with Gasteiger partial charge in [0.2, 0.25) is 0 Å². The molecule has 5 heteroatoms. The zero-order valence-corrected chi connectivity index (χ0v) is 8.43. The van der Waals surface area contributed by atoms with Gasteiger partial charge in [0.25, 0.3) is 5.56 Å². The summed E-state index contributed by atoms with van der Waals surface area (Å²) in [6.45, 7) is 0.674. The molecule has 80 valence electrons. The number of amides is 1. The van der Waals surface area contributed by atoms with E-state index >= 15 is 0 Å². The zero-order chi connectivity index (χ0) is 11.0. The van der Waals surface area contributed by atoms with Gasteiger partial charge in [0.1, 0.15) is 0 Å². The van der Waals surface area contributed by atoms with Crippen molar-refractivity contribution >= 4 is 6.09 Å². The summed E-state index contributed by atoms with van der Waals surface area (Å²) in [5, 5.41) is 8.84. The monoisotopic (exact) mass is 208 g/mol. The third-order valence-electron chi connectivity index (χ3n) is 2.74. The average Bonchev–Trinajstić information content (AvgIpc) is 2.23. The molecular formula is C10H12N2O3. The molecule has 1 aromatic heterocycles. The zero-order valence-electron chi connectivity index (χ0n) is 8.43. The van der Waals surface area contributed by atoms with Gasteiger partial charge in [0, 0.05) is 25.4 Å². The van der Waals surface area contributed by atoms with Crippen molar-refractivity contribution in [3.8, 4) is 0 Å². The van der Waals surface area contributed by atoms with Crippen LogP contribution in [0.4, 0.5) is 4.79 Å². The van der Waals surface area contributed by atoms with Crippen LogP contribution in [0.25, 0.3) is 0 Å². The minimum atomic E-state index is -0.966. The maximum Gasteiger partial charge on any atom is 0.407 e. The average molecular weight is 208 g/mol. The van der Waals surface area contributed by atoms with Crippen molar-refractivity contribution in [3.63, 3.8) is 0 Å². The second-order valence-electron chi connectivity index (χ2n) is 3.69. The Morgan fingerprint density at radius 3 is 2.93 bits per heavy atom. The van der Waals surface area contributed by atoms with Gasteiger partial charge in [0.05, 0.1) is 6.54 Å². The van der Waals surface area contributed by atoms with Crippen LogP contribution in [-0.4, -0.2) is 27.2 Å². The minimum absolute atomic E-state index is 0.0987. The molecule has 0 radical (unpaired) electrons. The predicted molar refractivity (Wildman–Crippen MR) is 53.8 cm³/mol. The molecule has 0 aromatic carbocycles. The maximum atomic E-state index is 11.7. The van der Waals surface area contributed by atoms with Gasteiger partial charge in [-0.3, -0.25) is 4.79 Å². The largest absolute Gasteiger partial charge is 0.465 e. The lowest BCUT2D eigenvalue weighted by Crippen LogP contribution is -2.39. The number of hydrogen-bond acceptors (Lipinski definition) is 2. The molecule has 1 amide bonds. The summed E-state index contributed by atoms with van der Waals surface area (Å²) in [6.07, 6.45) is 1.38. The van der Waals surface area contributed by atoms with E-state index in [-0.39, 0.29) is 12.1 Å². The Morgan fingerprint density at radius 2 is 2.27 bits per heavy atom. The van der Waals surface area contributed by atoms with Gasteiger partial charge in [0.15, 0.2) is 0 Å². The summed E-state index contributed by atoms with van der Waals surface area (Å²) < 4.78 is 1.48. The molecule has 0 saturated heterocycles. The first-order valence-corrected chi connectivity index (χ1v) is 4.75. The van der Waals surface area contributed by atoms with Crippen molar-refractivity contribution in [2.24, 2.45) is 7.05 Å². The molecule has 0 spiro atoms. The smallest absolute Gasteiger partial charge is 0.407 e. The number of aromatic nitrogens is 1. The van der Waals surface area contributed by atoms with Crippen LogP contribution in [-0.2, 0) is 20.0 Å². The molecule has 0 bridgehead atoms. The molecule has 0 saturated carbocycles. The van der Waals surface area contributed by atoms with Crippen LogP contribution in [0.5, 0.6) is 0 Å². The number of carboxylic acid groups (broad SMARTS) is 1. The summed E-state index contributed by atoms with van der Waals surface area (Å²) in [5.74, 6) is 0. The summed E-state index contributed by atoms with van der Waals surface area (Å²) in [7, 11) is 1.67. The molecule has 1 aromatic rings. The van der Waals surface area contributed by atoms with Crippen molar-refractivity contribution in [2.75, 3.05) is 6.54 Å².